The molecule has 2 rings (SSSR count). The van der Waals surface area contributed by atoms with Crippen molar-refractivity contribution in [3.8, 4) is 0 Å². The number of benzene rings is 2. The van der Waals surface area contributed by atoms with Crippen LogP contribution in [0.1, 0.15) is 40.2 Å². The van der Waals surface area contributed by atoms with Gasteiger partial charge in [-0.3, -0.25) is 0 Å². The van der Waals surface area contributed by atoms with Gasteiger partial charge in [0.1, 0.15) is 0 Å². The van der Waals surface area contributed by atoms with Gasteiger partial charge in [0.2, 0.25) is 0 Å². The van der Waals surface area contributed by atoms with E-state index in [-0.39, 0.29) is 8.03 Å². The van der Waals surface area contributed by atoms with Gasteiger partial charge in [-0.1, -0.05) is 49.4 Å². The lowest BCUT2D eigenvalue weighted by molar-refractivity contribution is 0.318. The van der Waals surface area contributed by atoms with Crippen molar-refractivity contribution >= 4 is 16.3 Å². The predicted octanol–water partition coefficient (Wildman–Crippen LogP) is 5.87. The van der Waals surface area contributed by atoms with Crippen LogP contribution in [0.5, 0.6) is 0 Å². The van der Waals surface area contributed by atoms with E-state index in [1.54, 1.807) is 6.92 Å². The molecule has 0 fully saturated rings. The number of fused-ring (bicyclic) bond motifs is 1. The highest BCUT2D eigenvalue weighted by Gasteiger charge is 2.06. The van der Waals surface area contributed by atoms with E-state index in [1.165, 1.54) is 27.5 Å². The first-order chi connectivity index (χ1) is 10.2. The van der Waals surface area contributed by atoms with Gasteiger partial charge in [0.15, 0.2) is 0 Å². The van der Waals surface area contributed by atoms with Crippen LogP contribution in [-0.2, 0) is 6.42 Å². The van der Waals surface area contributed by atoms with Crippen LogP contribution < -0.4 is 0 Å². The first-order valence-electron chi connectivity index (χ1n) is 7.44. The van der Waals surface area contributed by atoms with Gasteiger partial charge in [-0.25, -0.2) is 0 Å². The number of aryl methyl sites for hydroxylation is 1. The van der Waals surface area contributed by atoms with E-state index in [4.69, 9.17) is 5.11 Å². The Morgan fingerprint density at radius 2 is 1.71 bits per heavy atom. The topological polar surface area (TPSA) is 20.2 Å². The predicted molar refractivity (Wildman–Crippen MR) is 98.8 cm³/mol. The summed E-state index contributed by atoms with van der Waals surface area (Å²) in [5.74, 6) is 0. The highest BCUT2D eigenvalue weighted by atomic mass is 16.2. The van der Waals surface area contributed by atoms with Gasteiger partial charge in [-0.05, 0) is 54.7 Å². The molecule has 116 valence electrons. The van der Waals surface area contributed by atoms with Crippen molar-refractivity contribution in [2.24, 2.45) is 0 Å². The van der Waals surface area contributed by atoms with E-state index in [0.717, 1.165) is 6.42 Å². The zero-order chi connectivity index (χ0) is 16.3. The van der Waals surface area contributed by atoms with Gasteiger partial charge in [-0.2, -0.15) is 0 Å². The fraction of sp³-hybridized carbons (Fsp3) is 0.300. The summed E-state index contributed by atoms with van der Waals surface area (Å²) in [5, 5.41) is 10.3. The summed E-state index contributed by atoms with van der Waals surface area (Å²) < 4.78 is 0. The molecule has 0 atom stereocenters. The Labute approximate surface area is 131 Å². The van der Waals surface area contributed by atoms with Crippen LogP contribution in [0.15, 0.2) is 55.6 Å². The quantitative estimate of drug-likeness (QED) is 0.684. The Kier molecular flexibility index (Phi) is 9.91. The maximum atomic E-state index is 7.57. The number of aliphatic hydroxyl groups is 1. The molecule has 0 saturated heterocycles. The second kappa shape index (κ2) is 10.9. The first-order valence-corrected chi connectivity index (χ1v) is 7.44. The molecule has 0 aliphatic carbocycles. The molecule has 0 aromatic heterocycles. The lowest BCUT2D eigenvalue weighted by Crippen LogP contribution is -1.92. The van der Waals surface area contributed by atoms with Gasteiger partial charge in [0, 0.05) is 8.03 Å². The van der Waals surface area contributed by atoms with Crippen molar-refractivity contribution in [2.45, 2.75) is 34.1 Å². The summed E-state index contributed by atoms with van der Waals surface area (Å²) >= 11 is 0. The number of rotatable bonds is 2. The summed E-state index contributed by atoms with van der Waals surface area (Å²) in [6, 6.07) is 13.1. The largest absolute Gasteiger partial charge is 0.397 e. The molecule has 1 nitrogen and oxygen atoms in total. The van der Waals surface area contributed by atoms with Crippen molar-refractivity contribution in [2.75, 3.05) is 6.61 Å². The van der Waals surface area contributed by atoms with Crippen LogP contribution in [0.2, 0.25) is 0 Å². The van der Waals surface area contributed by atoms with E-state index in [1.807, 2.05) is 0 Å². The SMILES string of the molecule is C/C=C(/C)c1ccc2ccccc2c1CC.C=C.CCO.[HH]. The van der Waals surface area contributed by atoms with Crippen molar-refractivity contribution in [1.29, 1.82) is 0 Å². The summed E-state index contributed by atoms with van der Waals surface area (Å²) in [4.78, 5) is 0. The van der Waals surface area contributed by atoms with Gasteiger partial charge in [-0.15, -0.1) is 13.2 Å². The number of hydrogen-bond donors (Lipinski definition) is 1. The van der Waals surface area contributed by atoms with Crippen LogP contribution in [0.25, 0.3) is 16.3 Å². The molecule has 0 saturated carbocycles. The molecule has 1 heteroatoms. The Hall–Kier alpha value is -1.86. The minimum absolute atomic E-state index is 0. The Balaban J connectivity index is 0. The molecule has 0 bridgehead atoms. The van der Waals surface area contributed by atoms with Crippen molar-refractivity contribution < 1.29 is 6.53 Å². The van der Waals surface area contributed by atoms with Crippen LogP contribution in [0.4, 0.5) is 0 Å². The van der Waals surface area contributed by atoms with E-state index in [2.05, 4.69) is 76.4 Å². The van der Waals surface area contributed by atoms with E-state index < -0.39 is 0 Å². The number of hydrogen-bond acceptors (Lipinski definition) is 1. The molecule has 0 unspecified atom stereocenters. The minimum atomic E-state index is 0. The Morgan fingerprint density at radius 1 is 1.14 bits per heavy atom. The maximum absolute atomic E-state index is 7.57. The monoisotopic (exact) mass is 286 g/mol. The Bertz CT molecular complexity index is 573. The van der Waals surface area contributed by atoms with Crippen LogP contribution in [-0.4, -0.2) is 11.7 Å². The van der Waals surface area contributed by atoms with E-state index in [0.29, 0.717) is 0 Å². The van der Waals surface area contributed by atoms with Crippen LogP contribution in [0.3, 0.4) is 0 Å². The average molecular weight is 286 g/mol. The lowest BCUT2D eigenvalue weighted by atomic mass is 9.93. The molecule has 0 spiro atoms. The minimum Gasteiger partial charge on any atom is -0.397 e. The van der Waals surface area contributed by atoms with Gasteiger partial charge in [0.25, 0.3) is 0 Å². The van der Waals surface area contributed by atoms with Crippen LogP contribution in [0, 0.1) is 0 Å². The third kappa shape index (κ3) is 5.20. The molecule has 21 heavy (non-hydrogen) atoms. The van der Waals surface area contributed by atoms with Gasteiger partial charge in [0.05, 0.1) is 0 Å². The summed E-state index contributed by atoms with van der Waals surface area (Å²) in [5.41, 5.74) is 4.22. The number of allylic oxidation sites excluding steroid dienone is 2. The van der Waals surface area contributed by atoms with Gasteiger partial charge < -0.3 is 5.11 Å². The normalized spacial score (nSPS) is 10.2. The highest BCUT2D eigenvalue weighted by molar-refractivity contribution is 5.90. The van der Waals surface area contributed by atoms with Crippen molar-refractivity contribution in [1.82, 2.24) is 0 Å². The zero-order valence-corrected chi connectivity index (χ0v) is 13.8. The molecule has 2 aromatic carbocycles. The second-order valence-corrected chi connectivity index (χ2v) is 4.45. The highest BCUT2D eigenvalue weighted by Crippen LogP contribution is 2.27. The molecule has 0 radical (unpaired) electrons. The molecule has 0 amide bonds. The standard InChI is InChI=1S/C16H18.C2H6O.C2H4.H2/c1-4-12(3)15-11-10-13-8-6-7-9-16(13)14(15)5-2;1-2-3;1-2;/h4,6-11H,5H2,1-3H3;3H,2H2,1H3;1-2H2;1H/b12-4-;;;. The number of aliphatic hydroxyl groups excluding tert-OH is 1. The van der Waals surface area contributed by atoms with Crippen molar-refractivity contribution in [3.63, 3.8) is 0 Å². The third-order valence-corrected chi connectivity index (χ3v) is 3.25. The molecule has 0 aliphatic heterocycles. The molecule has 0 aliphatic rings. The summed E-state index contributed by atoms with van der Waals surface area (Å²) in [6.07, 6.45) is 3.27. The van der Waals surface area contributed by atoms with Gasteiger partial charge >= 0.3 is 0 Å². The average Bonchev–Trinajstić information content (AvgIpc) is 2.55. The molecule has 2 aromatic rings. The van der Waals surface area contributed by atoms with Crippen molar-refractivity contribution in [3.05, 3.63) is 66.8 Å². The smallest absolute Gasteiger partial charge is 0.0402 e. The van der Waals surface area contributed by atoms with Crippen LogP contribution >= 0.6 is 0 Å². The molecular formula is C20H30O. The molecular weight excluding hydrogens is 256 g/mol. The fourth-order valence-electron chi connectivity index (χ4n) is 2.24. The maximum Gasteiger partial charge on any atom is 0.0402 e. The lowest BCUT2D eigenvalue weighted by Gasteiger charge is -2.11. The van der Waals surface area contributed by atoms with E-state index >= 15 is 0 Å². The second-order valence-electron chi connectivity index (χ2n) is 4.45. The first kappa shape index (κ1) is 19.1. The third-order valence-electron chi connectivity index (χ3n) is 3.25. The summed E-state index contributed by atoms with van der Waals surface area (Å²) in [7, 11) is 0. The van der Waals surface area contributed by atoms with E-state index in [9.17, 15) is 0 Å². The molecule has 1 N–H and O–H groups in total. The fourth-order valence-corrected chi connectivity index (χ4v) is 2.24. The summed E-state index contributed by atoms with van der Waals surface area (Å²) in [6.45, 7) is 14.4. The molecule has 0 heterocycles. The zero-order valence-electron chi connectivity index (χ0n) is 13.8. The Morgan fingerprint density at radius 3 is 2.24 bits per heavy atom.